The van der Waals surface area contributed by atoms with Crippen LogP contribution in [0, 0.1) is 19.3 Å². The summed E-state index contributed by atoms with van der Waals surface area (Å²) >= 11 is 0. The van der Waals surface area contributed by atoms with Crippen LogP contribution in [0.25, 0.3) is 5.69 Å². The van der Waals surface area contributed by atoms with E-state index in [1.165, 1.54) is 5.56 Å². The lowest BCUT2D eigenvalue weighted by Crippen LogP contribution is -2.48. The second-order valence-electron chi connectivity index (χ2n) is 5.97. The third-order valence-electron chi connectivity index (χ3n) is 4.24. The van der Waals surface area contributed by atoms with Crippen molar-refractivity contribution in [3.63, 3.8) is 0 Å². The normalized spacial score (nSPS) is 15.2. The van der Waals surface area contributed by atoms with E-state index >= 15 is 0 Å². The first-order valence-electron chi connectivity index (χ1n) is 8.12. The molecule has 2 heterocycles. The van der Waals surface area contributed by atoms with Crippen LogP contribution in [-0.2, 0) is 0 Å². The molecule has 0 radical (unpaired) electrons. The minimum atomic E-state index is -0.0649. The highest BCUT2D eigenvalue weighted by atomic mass is 16.2. The third-order valence-corrected chi connectivity index (χ3v) is 4.24. The molecule has 0 N–H and O–H groups in total. The Morgan fingerprint density at radius 2 is 1.92 bits per heavy atom. The molecule has 1 aliphatic rings. The number of benzene rings is 1. The maximum atomic E-state index is 12.6. The molecule has 24 heavy (non-hydrogen) atoms. The van der Waals surface area contributed by atoms with Crippen molar-refractivity contribution in [2.75, 3.05) is 32.7 Å². The average molecular weight is 323 g/mol. The van der Waals surface area contributed by atoms with Gasteiger partial charge in [0, 0.05) is 39.1 Å². The molecular weight excluding hydrogens is 302 g/mol. The van der Waals surface area contributed by atoms with E-state index in [0.29, 0.717) is 18.8 Å². The predicted octanol–water partition coefficient (Wildman–Crippen LogP) is 1.36. The molecule has 1 fully saturated rings. The topological polar surface area (TPSA) is 54.3 Å². The van der Waals surface area contributed by atoms with Crippen molar-refractivity contribution in [1.82, 2.24) is 24.8 Å². The Balaban J connectivity index is 1.62. The summed E-state index contributed by atoms with van der Waals surface area (Å²) < 4.78 is 1.63. The summed E-state index contributed by atoms with van der Waals surface area (Å²) in [6.07, 6.45) is 7.74. The molecule has 1 amide bonds. The number of carbonyl (C=O) groups is 1. The van der Waals surface area contributed by atoms with Crippen LogP contribution in [0.3, 0.4) is 0 Å². The lowest BCUT2D eigenvalue weighted by Gasteiger charge is -2.33. The molecule has 0 unspecified atom stereocenters. The van der Waals surface area contributed by atoms with Crippen LogP contribution in [-0.4, -0.2) is 63.4 Å². The van der Waals surface area contributed by atoms with E-state index in [1.54, 1.807) is 10.9 Å². The van der Waals surface area contributed by atoms with Gasteiger partial charge in [-0.2, -0.15) is 0 Å². The Kier molecular flexibility index (Phi) is 4.92. The highest BCUT2D eigenvalue weighted by molar-refractivity contribution is 5.92. The van der Waals surface area contributed by atoms with Crippen molar-refractivity contribution in [3.05, 3.63) is 41.7 Å². The summed E-state index contributed by atoms with van der Waals surface area (Å²) in [4.78, 5) is 16.7. The standard InChI is InChI=1S/C18H21N5O/c1-3-4-9-21-10-12-22(13-11-21)18(24)17-14-23(20-19-17)16-7-5-15(2)6-8-16/h1,5-8,14H,4,9-13H2,2H3. The van der Waals surface area contributed by atoms with Crippen LogP contribution >= 0.6 is 0 Å². The molecule has 6 heteroatoms. The SMILES string of the molecule is C#CCCN1CCN(C(=O)c2cn(-c3ccc(C)cc3)nn2)CC1. The van der Waals surface area contributed by atoms with Crippen molar-refractivity contribution < 1.29 is 4.79 Å². The van der Waals surface area contributed by atoms with E-state index in [-0.39, 0.29) is 5.91 Å². The number of amides is 1. The van der Waals surface area contributed by atoms with Crippen LogP contribution in [0.4, 0.5) is 0 Å². The molecule has 0 bridgehead atoms. The van der Waals surface area contributed by atoms with Gasteiger partial charge < -0.3 is 4.90 Å². The fourth-order valence-corrected chi connectivity index (χ4v) is 2.74. The summed E-state index contributed by atoms with van der Waals surface area (Å²) in [6, 6.07) is 7.94. The van der Waals surface area contributed by atoms with Crippen LogP contribution < -0.4 is 0 Å². The molecule has 124 valence electrons. The number of terminal acetylenes is 1. The molecule has 0 saturated carbocycles. The van der Waals surface area contributed by atoms with Gasteiger partial charge in [0.1, 0.15) is 0 Å². The average Bonchev–Trinajstić information content (AvgIpc) is 3.10. The number of piperazine rings is 1. The van der Waals surface area contributed by atoms with E-state index in [9.17, 15) is 4.79 Å². The Hall–Kier alpha value is -2.65. The molecule has 1 aromatic carbocycles. The number of hydrogen-bond donors (Lipinski definition) is 0. The molecule has 6 nitrogen and oxygen atoms in total. The zero-order valence-electron chi connectivity index (χ0n) is 13.9. The number of carbonyl (C=O) groups excluding carboxylic acids is 1. The van der Waals surface area contributed by atoms with E-state index < -0.39 is 0 Å². The van der Waals surface area contributed by atoms with Gasteiger partial charge in [-0.25, -0.2) is 4.68 Å². The van der Waals surface area contributed by atoms with Gasteiger partial charge in [0.15, 0.2) is 5.69 Å². The maximum absolute atomic E-state index is 12.6. The predicted molar refractivity (Wildman–Crippen MR) is 91.9 cm³/mol. The fourth-order valence-electron chi connectivity index (χ4n) is 2.74. The monoisotopic (exact) mass is 323 g/mol. The number of aryl methyl sites for hydroxylation is 1. The van der Waals surface area contributed by atoms with Crippen LogP contribution in [0.5, 0.6) is 0 Å². The van der Waals surface area contributed by atoms with Crippen molar-refractivity contribution in [3.8, 4) is 18.0 Å². The summed E-state index contributed by atoms with van der Waals surface area (Å²) in [5.74, 6) is 2.59. The molecule has 1 saturated heterocycles. The lowest BCUT2D eigenvalue weighted by atomic mass is 10.2. The largest absolute Gasteiger partial charge is 0.335 e. The van der Waals surface area contributed by atoms with Crippen LogP contribution in [0.2, 0.25) is 0 Å². The van der Waals surface area contributed by atoms with Crippen LogP contribution in [0.15, 0.2) is 30.5 Å². The van der Waals surface area contributed by atoms with Gasteiger partial charge in [-0.05, 0) is 19.1 Å². The molecule has 0 atom stereocenters. The molecule has 1 aliphatic heterocycles. The second kappa shape index (κ2) is 7.28. The zero-order chi connectivity index (χ0) is 16.9. The van der Waals surface area contributed by atoms with E-state index in [0.717, 1.165) is 31.7 Å². The molecule has 0 aliphatic carbocycles. The molecule has 0 spiro atoms. The number of hydrogen-bond acceptors (Lipinski definition) is 4. The second-order valence-corrected chi connectivity index (χ2v) is 5.97. The summed E-state index contributed by atoms with van der Waals surface area (Å²) in [5.41, 5.74) is 2.46. The molecule has 2 aromatic rings. The highest BCUT2D eigenvalue weighted by Crippen LogP contribution is 2.11. The van der Waals surface area contributed by atoms with Gasteiger partial charge in [0.2, 0.25) is 0 Å². The third kappa shape index (κ3) is 3.63. The van der Waals surface area contributed by atoms with E-state index in [4.69, 9.17) is 6.42 Å². The molecule has 3 rings (SSSR count). The van der Waals surface area contributed by atoms with Crippen LogP contribution in [0.1, 0.15) is 22.5 Å². The quantitative estimate of drug-likeness (QED) is 0.797. The first kappa shape index (κ1) is 16.2. The number of aromatic nitrogens is 3. The molecular formula is C18H21N5O. The van der Waals surface area contributed by atoms with E-state index in [1.807, 2.05) is 36.1 Å². The van der Waals surface area contributed by atoms with Gasteiger partial charge in [-0.3, -0.25) is 9.69 Å². The summed E-state index contributed by atoms with van der Waals surface area (Å²) in [6.45, 7) is 6.01. The van der Waals surface area contributed by atoms with Crippen molar-refractivity contribution >= 4 is 5.91 Å². The van der Waals surface area contributed by atoms with Gasteiger partial charge in [0.25, 0.3) is 5.91 Å². The van der Waals surface area contributed by atoms with Gasteiger partial charge in [-0.1, -0.05) is 22.9 Å². The van der Waals surface area contributed by atoms with Crippen molar-refractivity contribution in [2.45, 2.75) is 13.3 Å². The summed E-state index contributed by atoms with van der Waals surface area (Å²) in [5, 5.41) is 8.11. The highest BCUT2D eigenvalue weighted by Gasteiger charge is 2.23. The fraction of sp³-hybridized carbons (Fsp3) is 0.389. The van der Waals surface area contributed by atoms with Crippen molar-refractivity contribution in [2.24, 2.45) is 0 Å². The Labute approximate surface area is 142 Å². The smallest absolute Gasteiger partial charge is 0.276 e. The number of rotatable bonds is 4. The minimum Gasteiger partial charge on any atom is -0.335 e. The number of nitrogens with zero attached hydrogens (tertiary/aromatic N) is 5. The first-order chi connectivity index (χ1) is 11.7. The molecule has 1 aromatic heterocycles. The Bertz CT molecular complexity index is 736. The Morgan fingerprint density at radius 1 is 1.21 bits per heavy atom. The minimum absolute atomic E-state index is 0.0649. The van der Waals surface area contributed by atoms with Crippen molar-refractivity contribution in [1.29, 1.82) is 0 Å². The lowest BCUT2D eigenvalue weighted by molar-refractivity contribution is 0.0634. The summed E-state index contributed by atoms with van der Waals surface area (Å²) in [7, 11) is 0. The van der Waals surface area contributed by atoms with E-state index in [2.05, 4.69) is 21.1 Å². The van der Waals surface area contributed by atoms with Gasteiger partial charge >= 0.3 is 0 Å². The van der Waals surface area contributed by atoms with Gasteiger partial charge in [-0.15, -0.1) is 17.4 Å². The Morgan fingerprint density at radius 3 is 2.58 bits per heavy atom. The maximum Gasteiger partial charge on any atom is 0.276 e. The van der Waals surface area contributed by atoms with Gasteiger partial charge in [0.05, 0.1) is 11.9 Å². The first-order valence-corrected chi connectivity index (χ1v) is 8.12. The zero-order valence-corrected chi connectivity index (χ0v) is 13.9.